The molecular formula is C24H31ClN2O4. The molecule has 4 saturated carbocycles. The van der Waals surface area contributed by atoms with E-state index in [4.69, 9.17) is 21.1 Å². The molecule has 4 aliphatic carbocycles. The molecule has 4 bridgehead atoms. The highest BCUT2D eigenvalue weighted by atomic mass is 35.5. The van der Waals surface area contributed by atoms with Gasteiger partial charge in [0.2, 0.25) is 11.8 Å². The topological polar surface area (TPSA) is 67.9 Å². The van der Waals surface area contributed by atoms with Crippen LogP contribution in [0.3, 0.4) is 0 Å². The van der Waals surface area contributed by atoms with Crippen LogP contribution in [0.25, 0.3) is 0 Å². The lowest BCUT2D eigenvalue weighted by Crippen LogP contribution is -2.56. The van der Waals surface area contributed by atoms with Gasteiger partial charge in [0.1, 0.15) is 17.5 Å². The average molecular weight is 447 g/mol. The second-order valence-electron chi connectivity index (χ2n) is 10.0. The van der Waals surface area contributed by atoms with Crippen molar-refractivity contribution in [3.8, 4) is 11.5 Å². The van der Waals surface area contributed by atoms with E-state index in [0.29, 0.717) is 52.9 Å². The van der Waals surface area contributed by atoms with E-state index < -0.39 is 6.04 Å². The lowest BCUT2D eigenvalue weighted by atomic mass is 9.49. The van der Waals surface area contributed by atoms with Gasteiger partial charge in [-0.25, -0.2) is 0 Å². The van der Waals surface area contributed by atoms with Crippen LogP contribution in [-0.4, -0.2) is 43.5 Å². The maximum Gasteiger partial charge on any atom is 0.247 e. The van der Waals surface area contributed by atoms with Gasteiger partial charge in [-0.3, -0.25) is 9.59 Å². The number of hydrogen-bond acceptors (Lipinski definition) is 4. The normalized spacial score (nSPS) is 33.5. The first kappa shape index (κ1) is 20.9. The van der Waals surface area contributed by atoms with Crippen LogP contribution < -0.4 is 14.8 Å². The molecule has 1 aliphatic heterocycles. The van der Waals surface area contributed by atoms with Crippen molar-refractivity contribution in [2.24, 2.45) is 23.2 Å². The fraction of sp³-hybridized carbons (Fsp3) is 0.667. The van der Waals surface area contributed by atoms with Gasteiger partial charge in [-0.2, -0.15) is 0 Å². The number of amides is 2. The number of carbonyl (C=O) groups excluding carboxylic acids is 2. The van der Waals surface area contributed by atoms with Crippen LogP contribution in [0.5, 0.6) is 11.5 Å². The number of carbonyl (C=O) groups is 2. The summed E-state index contributed by atoms with van der Waals surface area (Å²) in [5.74, 6) is 3.10. The van der Waals surface area contributed by atoms with Crippen LogP contribution in [0.1, 0.15) is 51.4 Å². The molecule has 0 radical (unpaired) electrons. The molecule has 1 aromatic carbocycles. The van der Waals surface area contributed by atoms with Crippen LogP contribution >= 0.6 is 11.6 Å². The molecule has 5 fully saturated rings. The lowest BCUT2D eigenvalue weighted by Gasteiger charge is -2.56. The molecule has 1 aromatic rings. The Morgan fingerprint density at radius 2 is 1.65 bits per heavy atom. The molecule has 6 nitrogen and oxygen atoms in total. The monoisotopic (exact) mass is 446 g/mol. The minimum absolute atomic E-state index is 0.168. The minimum Gasteiger partial charge on any atom is -0.495 e. The van der Waals surface area contributed by atoms with Crippen LogP contribution in [0.2, 0.25) is 5.02 Å². The first-order valence-corrected chi connectivity index (χ1v) is 11.8. The van der Waals surface area contributed by atoms with Gasteiger partial charge >= 0.3 is 0 Å². The van der Waals surface area contributed by atoms with E-state index in [1.165, 1.54) is 33.5 Å². The first-order valence-electron chi connectivity index (χ1n) is 11.5. The van der Waals surface area contributed by atoms with Gasteiger partial charge in [0.15, 0.2) is 0 Å². The van der Waals surface area contributed by atoms with Crippen molar-refractivity contribution in [2.75, 3.05) is 26.1 Å². The van der Waals surface area contributed by atoms with E-state index in [1.54, 1.807) is 12.1 Å². The second-order valence-corrected chi connectivity index (χ2v) is 10.4. The van der Waals surface area contributed by atoms with E-state index in [2.05, 4.69) is 5.32 Å². The Morgan fingerprint density at radius 3 is 2.23 bits per heavy atom. The van der Waals surface area contributed by atoms with Gasteiger partial charge in [0.05, 0.1) is 30.3 Å². The van der Waals surface area contributed by atoms with Gasteiger partial charge in [-0.15, -0.1) is 0 Å². The molecule has 7 heteroatoms. The number of likely N-dealkylation sites (tertiary alicyclic amines) is 1. The Hall–Kier alpha value is -1.95. The third kappa shape index (κ3) is 3.57. The number of nitrogens with one attached hydrogen (secondary N) is 1. The highest BCUT2D eigenvalue weighted by Gasteiger charge is 2.56. The van der Waals surface area contributed by atoms with E-state index in [1.807, 2.05) is 4.90 Å². The molecule has 6 rings (SSSR count). The predicted octanol–water partition coefficient (Wildman–Crippen LogP) is 4.50. The van der Waals surface area contributed by atoms with Crippen LogP contribution in [0.4, 0.5) is 5.69 Å². The van der Waals surface area contributed by atoms with Crippen molar-refractivity contribution in [1.29, 1.82) is 0 Å². The Morgan fingerprint density at radius 1 is 1.03 bits per heavy atom. The fourth-order valence-electron chi connectivity index (χ4n) is 7.13. The molecule has 1 saturated heterocycles. The molecule has 1 heterocycles. The Labute approximate surface area is 188 Å². The summed E-state index contributed by atoms with van der Waals surface area (Å²) in [7, 11) is 3.06. The molecule has 2 amide bonds. The van der Waals surface area contributed by atoms with Crippen molar-refractivity contribution < 1.29 is 19.1 Å². The summed E-state index contributed by atoms with van der Waals surface area (Å²) in [6.07, 6.45) is 8.51. The van der Waals surface area contributed by atoms with Crippen molar-refractivity contribution in [2.45, 2.75) is 57.4 Å². The number of rotatable bonds is 5. The van der Waals surface area contributed by atoms with Gasteiger partial charge in [0.25, 0.3) is 0 Å². The standard InChI is InChI=1S/C24H31ClN2O4/c1-30-20-10-18(21(31-2)9-17(20)25)26-22(28)19-4-3-5-27(19)23(29)24-11-14-6-15(12-24)8-16(7-14)13-24/h9-10,14-16,19H,3-8,11-13H2,1-2H3,(H,26,28)/t14?,15?,16?,19-,24?/m1/s1. The smallest absolute Gasteiger partial charge is 0.247 e. The zero-order chi connectivity index (χ0) is 21.8. The highest BCUT2D eigenvalue weighted by Crippen LogP contribution is 2.60. The zero-order valence-corrected chi connectivity index (χ0v) is 19.0. The van der Waals surface area contributed by atoms with Gasteiger partial charge in [-0.05, 0) is 69.1 Å². The number of methoxy groups -OCH3 is 2. The van der Waals surface area contributed by atoms with Crippen LogP contribution in [0.15, 0.2) is 12.1 Å². The van der Waals surface area contributed by atoms with Crippen molar-refractivity contribution in [1.82, 2.24) is 4.90 Å². The van der Waals surface area contributed by atoms with E-state index in [0.717, 1.165) is 25.7 Å². The largest absolute Gasteiger partial charge is 0.495 e. The van der Waals surface area contributed by atoms with E-state index >= 15 is 0 Å². The van der Waals surface area contributed by atoms with Gasteiger partial charge in [0, 0.05) is 18.7 Å². The number of halogens is 1. The summed E-state index contributed by atoms with van der Waals surface area (Å²) in [6.45, 7) is 0.666. The summed E-state index contributed by atoms with van der Waals surface area (Å²) in [6, 6.07) is 2.86. The minimum atomic E-state index is -0.438. The maximum absolute atomic E-state index is 13.8. The molecular weight excluding hydrogens is 416 g/mol. The molecule has 31 heavy (non-hydrogen) atoms. The summed E-state index contributed by atoms with van der Waals surface area (Å²) in [5.41, 5.74) is 0.279. The number of hydrogen-bond donors (Lipinski definition) is 1. The van der Waals surface area contributed by atoms with Crippen LogP contribution in [0, 0.1) is 23.2 Å². The summed E-state index contributed by atoms with van der Waals surface area (Å²) in [4.78, 5) is 29.0. The summed E-state index contributed by atoms with van der Waals surface area (Å²) in [5, 5.41) is 3.38. The summed E-state index contributed by atoms with van der Waals surface area (Å²) >= 11 is 6.19. The molecule has 1 atom stereocenters. The fourth-order valence-corrected chi connectivity index (χ4v) is 7.36. The van der Waals surface area contributed by atoms with Gasteiger partial charge < -0.3 is 19.7 Å². The van der Waals surface area contributed by atoms with Gasteiger partial charge in [-0.1, -0.05) is 11.6 Å². The predicted molar refractivity (Wildman–Crippen MR) is 119 cm³/mol. The average Bonchev–Trinajstić information content (AvgIpc) is 3.23. The first-order chi connectivity index (χ1) is 14.9. The number of nitrogens with zero attached hydrogens (tertiary/aromatic N) is 1. The molecule has 1 N–H and O–H groups in total. The molecule has 0 spiro atoms. The third-order valence-corrected chi connectivity index (χ3v) is 8.34. The SMILES string of the molecule is COc1cc(NC(=O)[C@H]2CCCN2C(=O)C23CC4CC(CC(C4)C2)C3)c(OC)cc1Cl. The van der Waals surface area contributed by atoms with Crippen molar-refractivity contribution in [3.05, 3.63) is 17.2 Å². The molecule has 168 valence electrons. The number of benzene rings is 1. The molecule has 0 unspecified atom stereocenters. The van der Waals surface area contributed by atoms with Crippen LogP contribution in [-0.2, 0) is 9.59 Å². The zero-order valence-electron chi connectivity index (χ0n) is 18.3. The van der Waals surface area contributed by atoms with Crippen molar-refractivity contribution in [3.63, 3.8) is 0 Å². The lowest BCUT2D eigenvalue weighted by molar-refractivity contribution is -0.160. The molecule has 5 aliphatic rings. The second kappa shape index (κ2) is 7.88. The number of anilines is 1. The quantitative estimate of drug-likeness (QED) is 0.722. The third-order valence-electron chi connectivity index (χ3n) is 8.04. The van der Waals surface area contributed by atoms with E-state index in [9.17, 15) is 9.59 Å². The Bertz CT molecular complexity index is 867. The maximum atomic E-state index is 13.8. The summed E-state index contributed by atoms with van der Waals surface area (Å²) < 4.78 is 10.7. The Balaban J connectivity index is 1.35. The number of ether oxygens (including phenoxy) is 2. The molecule has 0 aromatic heterocycles. The van der Waals surface area contributed by atoms with Crippen molar-refractivity contribution >= 4 is 29.1 Å². The Kier molecular flexibility index (Phi) is 5.32. The highest BCUT2D eigenvalue weighted by molar-refractivity contribution is 6.32. The van der Waals surface area contributed by atoms with E-state index in [-0.39, 0.29) is 17.2 Å².